The van der Waals surface area contributed by atoms with Crippen LogP contribution in [0.2, 0.25) is 0 Å². The summed E-state index contributed by atoms with van der Waals surface area (Å²) >= 11 is 3.16. The normalized spacial score (nSPS) is 13.6. The minimum absolute atomic E-state index is 0. The number of hydrogen-bond acceptors (Lipinski definition) is 12. The second-order valence-corrected chi connectivity index (χ2v) is 11.3. The minimum atomic E-state index is -4.08. The van der Waals surface area contributed by atoms with Gasteiger partial charge in [-0.25, -0.2) is 0 Å². The second kappa shape index (κ2) is 13.5. The van der Waals surface area contributed by atoms with Gasteiger partial charge in [0.2, 0.25) is 0 Å². The van der Waals surface area contributed by atoms with Crippen molar-refractivity contribution in [3.63, 3.8) is 0 Å². The SMILES string of the molecule is CCN1CSc2cc(S(=O)(=O)O)ccc21.CCN1CSc2cc(S(=O)(=O)O)ccc21.N.N.N.N. The molecule has 2 aromatic rings. The Labute approximate surface area is 209 Å². The molecule has 0 bridgehead atoms. The van der Waals surface area contributed by atoms with E-state index in [1.165, 1.54) is 24.3 Å². The molecule has 12 nitrogen and oxygen atoms in total. The lowest BCUT2D eigenvalue weighted by atomic mass is 10.3. The maximum atomic E-state index is 10.9. The molecular formula is C18H34N6O6S4. The lowest BCUT2D eigenvalue weighted by molar-refractivity contribution is 0.480. The van der Waals surface area contributed by atoms with Gasteiger partial charge in [0.1, 0.15) is 0 Å². The molecule has 0 aromatic heterocycles. The summed E-state index contributed by atoms with van der Waals surface area (Å²) in [6, 6.07) is 9.38. The molecule has 196 valence electrons. The van der Waals surface area contributed by atoms with E-state index in [0.29, 0.717) is 0 Å². The van der Waals surface area contributed by atoms with Crippen molar-refractivity contribution in [2.75, 3.05) is 34.6 Å². The van der Waals surface area contributed by atoms with Crippen LogP contribution in [0, 0.1) is 0 Å². The molecule has 0 unspecified atom stereocenters. The molecule has 34 heavy (non-hydrogen) atoms. The first kappa shape index (κ1) is 34.6. The van der Waals surface area contributed by atoms with Gasteiger partial charge in [-0.05, 0) is 50.2 Å². The predicted molar refractivity (Wildman–Crippen MR) is 140 cm³/mol. The molecule has 0 saturated carbocycles. The van der Waals surface area contributed by atoms with Crippen LogP contribution in [0.25, 0.3) is 0 Å². The lowest BCUT2D eigenvalue weighted by Crippen LogP contribution is -2.17. The Kier molecular flexibility index (Phi) is 13.7. The molecular weight excluding hydrogens is 525 g/mol. The summed E-state index contributed by atoms with van der Waals surface area (Å²) in [5.41, 5.74) is 2.07. The van der Waals surface area contributed by atoms with Crippen molar-refractivity contribution in [1.82, 2.24) is 24.6 Å². The summed E-state index contributed by atoms with van der Waals surface area (Å²) in [7, 11) is -8.16. The van der Waals surface area contributed by atoms with Gasteiger partial charge in [0.05, 0.1) is 32.9 Å². The Bertz CT molecular complexity index is 1070. The topological polar surface area (TPSA) is 255 Å². The van der Waals surface area contributed by atoms with Crippen molar-refractivity contribution >= 4 is 55.1 Å². The molecule has 0 radical (unpaired) electrons. The highest BCUT2D eigenvalue weighted by molar-refractivity contribution is 8.00. The molecule has 0 spiro atoms. The van der Waals surface area contributed by atoms with E-state index in [-0.39, 0.29) is 34.4 Å². The number of hydrogen-bond donors (Lipinski definition) is 6. The van der Waals surface area contributed by atoms with Crippen molar-refractivity contribution in [2.24, 2.45) is 0 Å². The number of fused-ring (bicyclic) bond motifs is 2. The van der Waals surface area contributed by atoms with Crippen LogP contribution in [-0.4, -0.2) is 50.8 Å². The van der Waals surface area contributed by atoms with Crippen LogP contribution >= 0.6 is 23.5 Å². The zero-order chi connectivity index (χ0) is 22.1. The lowest BCUT2D eigenvalue weighted by Gasteiger charge is -2.15. The van der Waals surface area contributed by atoms with Gasteiger partial charge in [0, 0.05) is 22.9 Å². The van der Waals surface area contributed by atoms with Crippen LogP contribution in [-0.2, 0) is 20.2 Å². The first-order valence-electron chi connectivity index (χ1n) is 9.03. The van der Waals surface area contributed by atoms with E-state index < -0.39 is 20.2 Å². The molecule has 16 heteroatoms. The molecule has 0 saturated heterocycles. The number of nitrogens with zero attached hydrogens (tertiary/aromatic N) is 2. The molecule has 0 aliphatic carbocycles. The number of rotatable bonds is 4. The summed E-state index contributed by atoms with van der Waals surface area (Å²) in [5, 5.41) is 0. The molecule has 2 aliphatic heterocycles. The number of benzene rings is 2. The summed E-state index contributed by atoms with van der Waals surface area (Å²) in [6.45, 7) is 5.88. The van der Waals surface area contributed by atoms with Crippen LogP contribution in [0.1, 0.15) is 13.8 Å². The van der Waals surface area contributed by atoms with E-state index in [1.54, 1.807) is 35.7 Å². The van der Waals surface area contributed by atoms with Crippen LogP contribution in [0.15, 0.2) is 56.0 Å². The number of thioether (sulfide) groups is 2. The predicted octanol–water partition coefficient (Wildman–Crippen LogP) is 4.29. The summed E-state index contributed by atoms with van der Waals surface area (Å²) in [4.78, 5) is 6.04. The van der Waals surface area contributed by atoms with Gasteiger partial charge >= 0.3 is 0 Å². The molecule has 0 amide bonds. The van der Waals surface area contributed by atoms with E-state index in [2.05, 4.69) is 9.80 Å². The van der Waals surface area contributed by atoms with Gasteiger partial charge < -0.3 is 34.4 Å². The number of anilines is 2. The van der Waals surface area contributed by atoms with Gasteiger partial charge in [-0.1, -0.05) is 0 Å². The fourth-order valence-corrected chi connectivity index (χ4v) is 6.53. The third-order valence-electron chi connectivity index (χ3n) is 4.65. The van der Waals surface area contributed by atoms with Gasteiger partial charge in [0.15, 0.2) is 0 Å². The first-order valence-corrected chi connectivity index (χ1v) is 13.9. The van der Waals surface area contributed by atoms with Crippen LogP contribution in [0.4, 0.5) is 11.4 Å². The van der Waals surface area contributed by atoms with Crippen molar-refractivity contribution in [2.45, 2.75) is 33.4 Å². The minimum Gasteiger partial charge on any atom is -0.361 e. The Hall–Kier alpha value is -1.60. The smallest absolute Gasteiger partial charge is 0.294 e. The highest BCUT2D eigenvalue weighted by Crippen LogP contribution is 2.40. The van der Waals surface area contributed by atoms with E-state index in [0.717, 1.165) is 46.0 Å². The quantitative estimate of drug-likeness (QED) is 0.286. The zero-order valence-electron chi connectivity index (χ0n) is 19.2. The van der Waals surface area contributed by atoms with Crippen LogP contribution in [0.3, 0.4) is 0 Å². The molecule has 0 fully saturated rings. The second-order valence-electron chi connectivity index (χ2n) is 6.47. The van der Waals surface area contributed by atoms with Crippen LogP contribution in [0.5, 0.6) is 0 Å². The van der Waals surface area contributed by atoms with Gasteiger partial charge in [-0.3, -0.25) is 9.11 Å². The van der Waals surface area contributed by atoms with Gasteiger partial charge in [-0.15, -0.1) is 23.5 Å². The van der Waals surface area contributed by atoms with Crippen molar-refractivity contribution in [3.8, 4) is 0 Å². The highest BCUT2D eigenvalue weighted by atomic mass is 32.2. The van der Waals surface area contributed by atoms with Gasteiger partial charge in [-0.2, -0.15) is 16.8 Å². The van der Waals surface area contributed by atoms with E-state index in [4.69, 9.17) is 9.11 Å². The van der Waals surface area contributed by atoms with Crippen molar-refractivity contribution < 1.29 is 25.9 Å². The Morgan fingerprint density at radius 1 is 0.706 bits per heavy atom. The first-order chi connectivity index (χ1) is 14.0. The summed E-state index contributed by atoms with van der Waals surface area (Å²) < 4.78 is 61.5. The van der Waals surface area contributed by atoms with E-state index >= 15 is 0 Å². The zero-order valence-corrected chi connectivity index (χ0v) is 22.4. The third kappa shape index (κ3) is 7.70. The Morgan fingerprint density at radius 2 is 1.03 bits per heavy atom. The standard InChI is InChI=1S/2C9H11NO3S2.4H3N/c2*1-2-10-6-14-9-5-7(15(11,12)13)3-4-8(9)10;;;;/h2*3-5H,2,6H2,1H3,(H,11,12,13);4*1H3. The largest absolute Gasteiger partial charge is 0.361 e. The maximum absolute atomic E-state index is 10.9. The fraction of sp³-hybridized carbons (Fsp3) is 0.333. The highest BCUT2D eigenvalue weighted by Gasteiger charge is 2.22. The fourth-order valence-electron chi connectivity index (χ4n) is 3.02. The molecule has 14 N–H and O–H groups in total. The Morgan fingerprint density at radius 3 is 1.29 bits per heavy atom. The average molecular weight is 559 g/mol. The van der Waals surface area contributed by atoms with E-state index in [9.17, 15) is 16.8 Å². The third-order valence-corrected chi connectivity index (χ3v) is 8.51. The van der Waals surface area contributed by atoms with Gasteiger partial charge in [0.25, 0.3) is 20.2 Å². The average Bonchev–Trinajstić information content (AvgIpc) is 3.29. The molecule has 2 aliphatic rings. The monoisotopic (exact) mass is 558 g/mol. The van der Waals surface area contributed by atoms with Crippen molar-refractivity contribution in [1.29, 1.82) is 0 Å². The summed E-state index contributed by atoms with van der Waals surface area (Å²) in [5.74, 6) is 1.67. The van der Waals surface area contributed by atoms with Crippen molar-refractivity contribution in [3.05, 3.63) is 36.4 Å². The molecule has 0 atom stereocenters. The molecule has 4 rings (SSSR count). The Balaban J connectivity index is 0. The van der Waals surface area contributed by atoms with E-state index in [1.807, 2.05) is 13.8 Å². The maximum Gasteiger partial charge on any atom is 0.294 e. The summed E-state index contributed by atoms with van der Waals surface area (Å²) in [6.07, 6.45) is 0. The van der Waals surface area contributed by atoms with Crippen LogP contribution < -0.4 is 34.4 Å². The molecule has 2 aromatic carbocycles. The molecule has 2 heterocycles.